The fourth-order valence-corrected chi connectivity index (χ4v) is 2.53. The van der Waals surface area contributed by atoms with E-state index in [0.717, 1.165) is 11.6 Å². The Hall–Kier alpha value is -1.39. The van der Waals surface area contributed by atoms with Gasteiger partial charge < -0.3 is 9.67 Å². The van der Waals surface area contributed by atoms with Crippen molar-refractivity contribution in [3.63, 3.8) is 0 Å². The molecule has 1 saturated carbocycles. The average molecular weight is 237 g/mol. The lowest BCUT2D eigenvalue weighted by atomic mass is 9.89. The molecule has 0 amide bonds. The van der Waals surface area contributed by atoms with Crippen molar-refractivity contribution < 1.29 is 9.90 Å². The summed E-state index contributed by atoms with van der Waals surface area (Å²) in [6.07, 6.45) is 6.81. The molecule has 0 spiro atoms. The van der Waals surface area contributed by atoms with Crippen molar-refractivity contribution in [2.24, 2.45) is 7.05 Å². The van der Waals surface area contributed by atoms with Crippen LogP contribution in [0.5, 0.6) is 0 Å². The first-order chi connectivity index (χ1) is 8.18. The summed E-state index contributed by atoms with van der Waals surface area (Å²) in [4.78, 5) is 10.5. The van der Waals surface area contributed by atoms with Crippen LogP contribution in [0.1, 0.15) is 56.1 Å². The Kier molecular flexibility index (Phi) is 3.76. The van der Waals surface area contributed by atoms with Gasteiger partial charge in [-0.2, -0.15) is 0 Å². The highest BCUT2D eigenvalue weighted by atomic mass is 16.4. The Balaban J connectivity index is 2.05. The van der Waals surface area contributed by atoms with Crippen LogP contribution in [0, 0.1) is 0 Å². The third-order valence-electron chi connectivity index (χ3n) is 3.53. The first-order valence-corrected chi connectivity index (χ1v) is 6.28. The van der Waals surface area contributed by atoms with Crippen LogP contribution >= 0.6 is 0 Å². The zero-order valence-electron chi connectivity index (χ0n) is 10.2. The van der Waals surface area contributed by atoms with Gasteiger partial charge in [0.05, 0.1) is 6.42 Å². The molecular weight excluding hydrogens is 218 g/mol. The molecule has 2 rings (SSSR count). The van der Waals surface area contributed by atoms with E-state index in [1.165, 1.54) is 32.1 Å². The van der Waals surface area contributed by atoms with Crippen LogP contribution in [-0.2, 0) is 18.3 Å². The molecule has 1 heterocycles. The number of hydrogen-bond acceptors (Lipinski definition) is 3. The Morgan fingerprint density at radius 2 is 2.06 bits per heavy atom. The second-order valence-electron chi connectivity index (χ2n) is 4.76. The Morgan fingerprint density at radius 3 is 2.71 bits per heavy atom. The van der Waals surface area contributed by atoms with Gasteiger partial charge in [0.1, 0.15) is 11.6 Å². The molecule has 1 aromatic rings. The second kappa shape index (κ2) is 5.29. The molecule has 0 bridgehead atoms. The van der Waals surface area contributed by atoms with Crippen molar-refractivity contribution in [1.29, 1.82) is 0 Å². The summed E-state index contributed by atoms with van der Waals surface area (Å²) < 4.78 is 1.99. The molecule has 1 fully saturated rings. The quantitative estimate of drug-likeness (QED) is 0.868. The summed E-state index contributed by atoms with van der Waals surface area (Å²) in [5.74, 6) is 1.55. The van der Waals surface area contributed by atoms with Crippen molar-refractivity contribution in [2.45, 2.75) is 50.9 Å². The number of aryl methyl sites for hydroxylation is 1. The third kappa shape index (κ3) is 2.84. The zero-order chi connectivity index (χ0) is 12.3. The van der Waals surface area contributed by atoms with Crippen LogP contribution in [0.4, 0.5) is 0 Å². The highest BCUT2D eigenvalue weighted by Gasteiger charge is 2.21. The minimum Gasteiger partial charge on any atom is -0.481 e. The number of carboxylic acid groups (broad SMARTS) is 1. The third-order valence-corrected chi connectivity index (χ3v) is 3.53. The molecule has 1 N–H and O–H groups in total. The summed E-state index contributed by atoms with van der Waals surface area (Å²) >= 11 is 0. The van der Waals surface area contributed by atoms with E-state index in [1.54, 1.807) is 0 Å². The summed E-state index contributed by atoms with van der Waals surface area (Å²) in [7, 11) is 1.95. The minimum atomic E-state index is -0.785. The number of aromatic nitrogens is 3. The van der Waals surface area contributed by atoms with Crippen LogP contribution in [0.3, 0.4) is 0 Å². The van der Waals surface area contributed by atoms with E-state index >= 15 is 0 Å². The molecule has 94 valence electrons. The van der Waals surface area contributed by atoms with E-state index in [2.05, 4.69) is 10.2 Å². The number of rotatable bonds is 4. The van der Waals surface area contributed by atoms with Crippen molar-refractivity contribution >= 4 is 5.97 Å². The number of hydrogen-bond donors (Lipinski definition) is 1. The van der Waals surface area contributed by atoms with Gasteiger partial charge in [0, 0.05) is 19.4 Å². The minimum absolute atomic E-state index is 0.122. The van der Waals surface area contributed by atoms with Crippen LogP contribution in [-0.4, -0.2) is 25.8 Å². The van der Waals surface area contributed by atoms with E-state index in [9.17, 15) is 4.79 Å². The number of aliphatic carboxylic acids is 1. The van der Waals surface area contributed by atoms with E-state index in [1.807, 2.05) is 11.6 Å². The van der Waals surface area contributed by atoms with E-state index in [-0.39, 0.29) is 6.42 Å². The van der Waals surface area contributed by atoms with Gasteiger partial charge in [0.15, 0.2) is 0 Å². The Morgan fingerprint density at radius 1 is 1.35 bits per heavy atom. The standard InChI is InChI=1S/C12H19N3O2/c1-15-10(7-8-11(16)17)13-14-12(15)9-5-3-2-4-6-9/h9H,2-8H2,1H3,(H,16,17). The number of carbonyl (C=O) groups is 1. The van der Waals surface area contributed by atoms with Crippen LogP contribution < -0.4 is 0 Å². The molecule has 5 nitrogen and oxygen atoms in total. The monoisotopic (exact) mass is 237 g/mol. The largest absolute Gasteiger partial charge is 0.481 e. The number of carboxylic acids is 1. The molecule has 0 aliphatic heterocycles. The summed E-state index contributed by atoms with van der Waals surface area (Å²) in [5, 5.41) is 17.0. The summed E-state index contributed by atoms with van der Waals surface area (Å²) in [6.45, 7) is 0. The van der Waals surface area contributed by atoms with Crippen LogP contribution in [0.2, 0.25) is 0 Å². The summed E-state index contributed by atoms with van der Waals surface area (Å²) in [6, 6.07) is 0. The lowest BCUT2D eigenvalue weighted by Crippen LogP contribution is -2.11. The van der Waals surface area contributed by atoms with E-state index < -0.39 is 5.97 Å². The molecule has 0 atom stereocenters. The maximum atomic E-state index is 10.5. The predicted molar refractivity (Wildman–Crippen MR) is 62.8 cm³/mol. The van der Waals surface area contributed by atoms with Gasteiger partial charge >= 0.3 is 5.97 Å². The molecule has 1 aliphatic carbocycles. The maximum Gasteiger partial charge on any atom is 0.303 e. The molecule has 0 aromatic carbocycles. The lowest BCUT2D eigenvalue weighted by molar-refractivity contribution is -0.137. The molecule has 17 heavy (non-hydrogen) atoms. The topological polar surface area (TPSA) is 68.0 Å². The lowest BCUT2D eigenvalue weighted by Gasteiger charge is -2.20. The van der Waals surface area contributed by atoms with Crippen molar-refractivity contribution in [3.8, 4) is 0 Å². The van der Waals surface area contributed by atoms with Gasteiger partial charge in [-0.25, -0.2) is 0 Å². The fourth-order valence-electron chi connectivity index (χ4n) is 2.53. The average Bonchev–Trinajstić information content (AvgIpc) is 2.69. The molecule has 5 heteroatoms. The predicted octanol–water partition coefficient (Wildman–Crippen LogP) is 1.88. The highest BCUT2D eigenvalue weighted by molar-refractivity contribution is 5.66. The molecular formula is C12H19N3O2. The van der Waals surface area contributed by atoms with Gasteiger partial charge in [-0.3, -0.25) is 4.79 Å². The fraction of sp³-hybridized carbons (Fsp3) is 0.750. The smallest absolute Gasteiger partial charge is 0.303 e. The molecule has 0 unspecified atom stereocenters. The van der Waals surface area contributed by atoms with Gasteiger partial charge in [-0.05, 0) is 12.8 Å². The first-order valence-electron chi connectivity index (χ1n) is 6.28. The first kappa shape index (κ1) is 12.1. The van der Waals surface area contributed by atoms with Gasteiger partial charge in [0.25, 0.3) is 0 Å². The zero-order valence-corrected chi connectivity index (χ0v) is 10.2. The van der Waals surface area contributed by atoms with E-state index in [4.69, 9.17) is 5.11 Å². The van der Waals surface area contributed by atoms with Crippen LogP contribution in [0.15, 0.2) is 0 Å². The SMILES string of the molecule is Cn1c(CCC(=O)O)nnc1C1CCCCC1. The van der Waals surface area contributed by atoms with Crippen molar-refractivity contribution in [2.75, 3.05) is 0 Å². The normalized spacial score (nSPS) is 17.2. The molecule has 1 aromatic heterocycles. The maximum absolute atomic E-state index is 10.5. The number of nitrogens with zero attached hydrogens (tertiary/aromatic N) is 3. The van der Waals surface area contributed by atoms with E-state index in [0.29, 0.717) is 12.3 Å². The van der Waals surface area contributed by atoms with Gasteiger partial charge in [-0.15, -0.1) is 10.2 Å². The molecule has 0 saturated heterocycles. The Bertz CT molecular complexity index is 394. The van der Waals surface area contributed by atoms with Crippen molar-refractivity contribution in [3.05, 3.63) is 11.6 Å². The second-order valence-corrected chi connectivity index (χ2v) is 4.76. The van der Waals surface area contributed by atoms with Gasteiger partial charge in [-0.1, -0.05) is 19.3 Å². The summed E-state index contributed by atoms with van der Waals surface area (Å²) in [5.41, 5.74) is 0. The highest BCUT2D eigenvalue weighted by Crippen LogP contribution is 2.31. The van der Waals surface area contributed by atoms with Crippen LogP contribution in [0.25, 0.3) is 0 Å². The molecule has 0 radical (unpaired) electrons. The van der Waals surface area contributed by atoms with Crippen molar-refractivity contribution in [1.82, 2.24) is 14.8 Å². The Labute approximate surface area is 101 Å². The molecule has 1 aliphatic rings. The van der Waals surface area contributed by atoms with Gasteiger partial charge in [0.2, 0.25) is 0 Å².